The van der Waals surface area contributed by atoms with Crippen LogP contribution in [0.4, 0.5) is 13.2 Å². The van der Waals surface area contributed by atoms with E-state index in [1.807, 2.05) is 0 Å². The zero-order valence-electron chi connectivity index (χ0n) is 20.0. The maximum absolute atomic E-state index is 13.4. The number of hydrogen-bond donors (Lipinski definition) is 0. The lowest BCUT2D eigenvalue weighted by Gasteiger charge is -2.27. The van der Waals surface area contributed by atoms with Crippen molar-refractivity contribution in [1.82, 2.24) is 19.6 Å². The molecule has 4 heterocycles. The van der Waals surface area contributed by atoms with E-state index in [1.54, 1.807) is 48.5 Å². The molecule has 3 aromatic carbocycles. The van der Waals surface area contributed by atoms with Crippen LogP contribution in [-0.4, -0.2) is 25.9 Å². The predicted molar refractivity (Wildman–Crippen MR) is 138 cm³/mol. The quantitative estimate of drug-likeness (QED) is 0.220. The van der Waals surface area contributed by atoms with Gasteiger partial charge < -0.3 is 13.9 Å². The van der Waals surface area contributed by atoms with Crippen molar-refractivity contribution in [3.63, 3.8) is 0 Å². The molecule has 0 spiro atoms. The van der Waals surface area contributed by atoms with E-state index in [-0.39, 0.29) is 17.2 Å². The van der Waals surface area contributed by atoms with E-state index in [2.05, 4.69) is 14.8 Å². The predicted octanol–water partition coefficient (Wildman–Crippen LogP) is 6.74. The Balaban J connectivity index is 1.49. The number of para-hydroxylation sites is 1. The molecule has 1 aliphatic rings. The summed E-state index contributed by atoms with van der Waals surface area (Å²) in [6, 6.07) is 19.1. The number of ether oxygens (including phenoxy) is 2. The van der Waals surface area contributed by atoms with E-state index in [9.17, 15) is 18.0 Å². The summed E-state index contributed by atoms with van der Waals surface area (Å²) in [5, 5.41) is 5.49. The van der Waals surface area contributed by atoms with E-state index in [0.29, 0.717) is 44.2 Å². The Morgan fingerprint density at radius 3 is 2.48 bits per heavy atom. The number of alkyl halides is 3. The van der Waals surface area contributed by atoms with Crippen LogP contribution in [0.1, 0.15) is 22.6 Å². The molecule has 0 radical (unpaired) electrons. The van der Waals surface area contributed by atoms with Crippen molar-refractivity contribution in [3.8, 4) is 28.8 Å². The second-order valence-corrected chi connectivity index (χ2v) is 9.33. The van der Waals surface area contributed by atoms with Gasteiger partial charge in [-0.3, -0.25) is 0 Å². The molecule has 198 valence electrons. The second kappa shape index (κ2) is 8.82. The van der Waals surface area contributed by atoms with Crippen molar-refractivity contribution >= 4 is 28.2 Å². The van der Waals surface area contributed by atoms with Gasteiger partial charge in [0, 0.05) is 5.56 Å². The molecule has 0 amide bonds. The van der Waals surface area contributed by atoms with E-state index in [1.165, 1.54) is 35.1 Å². The molecule has 0 N–H and O–H groups in total. The van der Waals surface area contributed by atoms with Gasteiger partial charge in [0.25, 0.3) is 0 Å². The molecule has 3 aromatic heterocycles. The highest BCUT2D eigenvalue weighted by molar-refractivity contribution is 6.33. The molecule has 0 saturated heterocycles. The monoisotopic (exact) mass is 562 g/mol. The van der Waals surface area contributed by atoms with Crippen molar-refractivity contribution in [3.05, 3.63) is 111 Å². The zero-order valence-corrected chi connectivity index (χ0v) is 20.8. The molecule has 0 fully saturated rings. The standard InChI is InChI=1S/C28H14ClF3N4O4/c29-18-7-3-1-5-16(18)24-34-25-22-20(14-9-11-15(12-10-14)40-28(30,31)32)21-23(39-26(22)33-13-36(25)35-24)17-6-2-4-8-19(17)38-27(21)37/h1-13,20H. The topological polar surface area (TPSA) is 91.8 Å². The minimum absolute atomic E-state index is 0.146. The van der Waals surface area contributed by atoms with Crippen molar-refractivity contribution in [2.75, 3.05) is 0 Å². The average molecular weight is 563 g/mol. The van der Waals surface area contributed by atoms with Gasteiger partial charge in [-0.1, -0.05) is 48.0 Å². The third-order valence-corrected chi connectivity index (χ3v) is 6.85. The fourth-order valence-electron chi connectivity index (χ4n) is 4.88. The van der Waals surface area contributed by atoms with Gasteiger partial charge in [-0.2, -0.15) is 0 Å². The summed E-state index contributed by atoms with van der Waals surface area (Å²) in [7, 11) is 0. The summed E-state index contributed by atoms with van der Waals surface area (Å²) in [6.45, 7) is 0. The van der Waals surface area contributed by atoms with Gasteiger partial charge in [0.1, 0.15) is 17.7 Å². The lowest BCUT2D eigenvalue weighted by Crippen LogP contribution is -2.22. The third-order valence-electron chi connectivity index (χ3n) is 6.52. The first-order valence-electron chi connectivity index (χ1n) is 11.9. The summed E-state index contributed by atoms with van der Waals surface area (Å²) in [4.78, 5) is 22.6. The molecule has 6 aromatic rings. The van der Waals surface area contributed by atoms with Crippen LogP contribution < -0.4 is 15.1 Å². The first-order valence-corrected chi connectivity index (χ1v) is 12.2. The number of aromatic nitrogens is 4. The lowest BCUT2D eigenvalue weighted by atomic mass is 9.84. The molecular formula is C28H14ClF3N4O4. The molecule has 0 saturated carbocycles. The Bertz CT molecular complexity index is 2000. The second-order valence-electron chi connectivity index (χ2n) is 8.93. The van der Waals surface area contributed by atoms with Crippen molar-refractivity contribution in [2.45, 2.75) is 12.3 Å². The van der Waals surface area contributed by atoms with E-state index in [0.717, 1.165) is 0 Å². The number of hydrogen-bond acceptors (Lipinski definition) is 7. The van der Waals surface area contributed by atoms with Gasteiger partial charge in [0.05, 0.1) is 27.5 Å². The number of rotatable bonds is 3. The molecule has 1 aliphatic heterocycles. The first-order chi connectivity index (χ1) is 19.3. The summed E-state index contributed by atoms with van der Waals surface area (Å²) < 4.78 is 55.7. The fraction of sp³-hybridized carbons (Fsp3) is 0.0714. The summed E-state index contributed by atoms with van der Waals surface area (Å²) in [5.74, 6) is -0.574. The van der Waals surface area contributed by atoms with Gasteiger partial charge in [-0.25, -0.2) is 19.3 Å². The number of fused-ring (bicyclic) bond motifs is 6. The molecule has 40 heavy (non-hydrogen) atoms. The Hall–Kier alpha value is -4.90. The van der Waals surface area contributed by atoms with Crippen LogP contribution >= 0.6 is 11.6 Å². The smallest absolute Gasteiger partial charge is 0.437 e. The van der Waals surface area contributed by atoms with Crippen molar-refractivity contribution < 1.29 is 27.1 Å². The normalized spacial score (nSPS) is 14.6. The van der Waals surface area contributed by atoms with Crippen LogP contribution in [0.15, 0.2) is 88.3 Å². The lowest BCUT2D eigenvalue weighted by molar-refractivity contribution is -0.274. The van der Waals surface area contributed by atoms with Crippen molar-refractivity contribution in [2.24, 2.45) is 0 Å². The molecule has 1 unspecified atom stereocenters. The molecule has 12 heteroatoms. The number of halogens is 4. The molecule has 1 atom stereocenters. The van der Waals surface area contributed by atoms with Gasteiger partial charge in [0.2, 0.25) is 5.88 Å². The van der Waals surface area contributed by atoms with Crippen LogP contribution in [-0.2, 0) is 0 Å². The van der Waals surface area contributed by atoms with Crippen LogP contribution in [0.3, 0.4) is 0 Å². The fourth-order valence-corrected chi connectivity index (χ4v) is 5.10. The zero-order chi connectivity index (χ0) is 27.6. The largest absolute Gasteiger partial charge is 0.573 e. The van der Waals surface area contributed by atoms with Gasteiger partial charge in [-0.05, 0) is 42.0 Å². The van der Waals surface area contributed by atoms with Gasteiger partial charge in [0.15, 0.2) is 17.2 Å². The molecule has 8 nitrogen and oxygen atoms in total. The number of benzene rings is 3. The van der Waals surface area contributed by atoms with Gasteiger partial charge in [-0.15, -0.1) is 18.3 Å². The average Bonchev–Trinajstić information content (AvgIpc) is 3.36. The summed E-state index contributed by atoms with van der Waals surface area (Å²) >= 11 is 6.38. The third kappa shape index (κ3) is 3.93. The Labute approximate surface area is 227 Å². The summed E-state index contributed by atoms with van der Waals surface area (Å²) in [5.41, 5.74) is 1.52. The minimum Gasteiger partial charge on any atom is -0.437 e. The van der Waals surface area contributed by atoms with Crippen LogP contribution in [0.5, 0.6) is 17.4 Å². The Morgan fingerprint density at radius 1 is 0.950 bits per heavy atom. The highest BCUT2D eigenvalue weighted by Crippen LogP contribution is 2.49. The minimum atomic E-state index is -4.86. The van der Waals surface area contributed by atoms with Gasteiger partial charge >= 0.3 is 12.0 Å². The van der Waals surface area contributed by atoms with Crippen molar-refractivity contribution in [1.29, 1.82) is 0 Å². The highest BCUT2D eigenvalue weighted by Gasteiger charge is 2.38. The number of nitrogens with zero attached hydrogens (tertiary/aromatic N) is 4. The van der Waals surface area contributed by atoms with Crippen LogP contribution in [0, 0.1) is 0 Å². The van der Waals surface area contributed by atoms with Crippen LogP contribution in [0.25, 0.3) is 28.0 Å². The maximum Gasteiger partial charge on any atom is 0.573 e. The maximum atomic E-state index is 13.4. The Kier molecular flexibility index (Phi) is 5.33. The molecule has 0 aliphatic carbocycles. The first kappa shape index (κ1) is 24.2. The summed E-state index contributed by atoms with van der Waals surface area (Å²) in [6.07, 6.45) is -3.43. The van der Waals surface area contributed by atoms with Crippen LogP contribution in [0.2, 0.25) is 5.02 Å². The Morgan fingerprint density at radius 2 is 1.70 bits per heavy atom. The van der Waals surface area contributed by atoms with E-state index < -0.39 is 23.7 Å². The molecular weight excluding hydrogens is 549 g/mol. The molecule has 7 rings (SSSR count). The highest BCUT2D eigenvalue weighted by atomic mass is 35.5. The molecule has 0 bridgehead atoms. The van der Waals surface area contributed by atoms with E-state index >= 15 is 0 Å². The van der Waals surface area contributed by atoms with E-state index in [4.69, 9.17) is 25.7 Å². The SMILES string of the molecule is O=c1oc2ccccc2c2c1C(c1ccc(OC(F)(F)F)cc1)c1c(ncn3nc(-c4ccccc4Cl)nc13)O2.